The molecule has 2 N–H and O–H groups in total. The van der Waals surface area contributed by atoms with Gasteiger partial charge in [-0.3, -0.25) is 9.78 Å². The van der Waals surface area contributed by atoms with Crippen molar-refractivity contribution < 1.29 is 4.79 Å². The first kappa shape index (κ1) is 12.9. The number of rotatable bonds is 2. The van der Waals surface area contributed by atoms with Crippen molar-refractivity contribution in [3.05, 3.63) is 36.0 Å². The van der Waals surface area contributed by atoms with E-state index in [-0.39, 0.29) is 0 Å². The minimum atomic E-state index is -0.440. The van der Waals surface area contributed by atoms with E-state index in [4.69, 9.17) is 5.73 Å². The van der Waals surface area contributed by atoms with Crippen LogP contribution in [0.5, 0.6) is 0 Å². The number of primary amides is 1. The number of anilines is 1. The van der Waals surface area contributed by atoms with Gasteiger partial charge in [0.25, 0.3) is 0 Å². The maximum atomic E-state index is 11.2. The Bertz CT molecular complexity index is 647. The summed E-state index contributed by atoms with van der Waals surface area (Å²) in [6.45, 7) is 4.17. The first-order valence-electron chi connectivity index (χ1n) is 6.76. The van der Waals surface area contributed by atoms with Gasteiger partial charge >= 0.3 is 0 Å². The Kier molecular flexibility index (Phi) is 3.28. The Morgan fingerprint density at radius 2 is 1.95 bits per heavy atom. The van der Waals surface area contributed by atoms with Crippen LogP contribution in [0.3, 0.4) is 0 Å². The number of carbonyl (C=O) groups excluding carboxylic acids is 1. The average Bonchev–Trinajstić information content (AvgIpc) is 2.47. The summed E-state index contributed by atoms with van der Waals surface area (Å²) in [7, 11) is 2.14. The SMILES string of the molecule is CN1CCN(c2ccc3ncc(C(N)=O)cc3c2)CC1. The molecule has 0 aliphatic carbocycles. The molecule has 0 unspecified atom stereocenters. The highest BCUT2D eigenvalue weighted by Crippen LogP contribution is 2.22. The molecule has 2 heterocycles. The number of piperazine rings is 1. The van der Waals surface area contributed by atoms with Crippen LogP contribution in [-0.4, -0.2) is 49.0 Å². The molecular weight excluding hydrogens is 252 g/mol. The summed E-state index contributed by atoms with van der Waals surface area (Å²) in [6.07, 6.45) is 1.53. The molecular formula is C15H18N4O. The van der Waals surface area contributed by atoms with E-state index in [9.17, 15) is 4.79 Å². The number of aromatic nitrogens is 1. The number of nitrogens with two attached hydrogens (primary N) is 1. The van der Waals surface area contributed by atoms with E-state index in [2.05, 4.69) is 34.0 Å². The van der Waals surface area contributed by atoms with Crippen molar-refractivity contribution in [1.29, 1.82) is 0 Å². The van der Waals surface area contributed by atoms with Gasteiger partial charge in [0.2, 0.25) is 5.91 Å². The summed E-state index contributed by atoms with van der Waals surface area (Å²) in [6, 6.07) is 7.97. The van der Waals surface area contributed by atoms with Crippen LogP contribution >= 0.6 is 0 Å². The standard InChI is InChI=1S/C15H18N4O/c1-18-4-6-19(7-5-18)13-2-3-14-11(9-13)8-12(10-17-14)15(16)20/h2-3,8-10H,4-7H2,1H3,(H2,16,20). The summed E-state index contributed by atoms with van der Waals surface area (Å²) in [5.74, 6) is -0.440. The molecule has 2 aromatic rings. The van der Waals surface area contributed by atoms with Crippen molar-refractivity contribution in [3.8, 4) is 0 Å². The number of pyridine rings is 1. The van der Waals surface area contributed by atoms with Crippen LogP contribution < -0.4 is 10.6 Å². The summed E-state index contributed by atoms with van der Waals surface area (Å²) >= 11 is 0. The van der Waals surface area contributed by atoms with E-state index < -0.39 is 5.91 Å². The van der Waals surface area contributed by atoms with Gasteiger partial charge in [-0.2, -0.15) is 0 Å². The van der Waals surface area contributed by atoms with Gasteiger partial charge in [0, 0.05) is 43.4 Å². The molecule has 1 aliphatic heterocycles. The van der Waals surface area contributed by atoms with Crippen molar-refractivity contribution in [3.63, 3.8) is 0 Å². The van der Waals surface area contributed by atoms with E-state index in [1.54, 1.807) is 0 Å². The Morgan fingerprint density at radius 1 is 1.20 bits per heavy atom. The summed E-state index contributed by atoms with van der Waals surface area (Å²) < 4.78 is 0. The molecule has 20 heavy (non-hydrogen) atoms. The van der Waals surface area contributed by atoms with E-state index in [1.807, 2.05) is 12.1 Å². The smallest absolute Gasteiger partial charge is 0.250 e. The van der Waals surface area contributed by atoms with Crippen molar-refractivity contribution in [1.82, 2.24) is 9.88 Å². The predicted octanol–water partition coefficient (Wildman–Crippen LogP) is 1.09. The Morgan fingerprint density at radius 3 is 2.65 bits per heavy atom. The lowest BCUT2D eigenvalue weighted by atomic mass is 10.1. The van der Waals surface area contributed by atoms with Gasteiger partial charge in [0.05, 0.1) is 11.1 Å². The number of amides is 1. The Hall–Kier alpha value is -2.14. The number of hydrogen-bond donors (Lipinski definition) is 1. The maximum absolute atomic E-state index is 11.2. The Labute approximate surface area is 118 Å². The van der Waals surface area contributed by atoms with Crippen LogP contribution in [0.4, 0.5) is 5.69 Å². The molecule has 1 fully saturated rings. The molecule has 1 aromatic carbocycles. The summed E-state index contributed by atoms with van der Waals surface area (Å²) in [4.78, 5) is 20.2. The van der Waals surface area contributed by atoms with E-state index in [0.717, 1.165) is 37.1 Å². The molecule has 0 bridgehead atoms. The van der Waals surface area contributed by atoms with Crippen LogP contribution in [0.15, 0.2) is 30.5 Å². The van der Waals surface area contributed by atoms with Crippen LogP contribution in [-0.2, 0) is 0 Å². The number of fused-ring (bicyclic) bond motifs is 1. The minimum Gasteiger partial charge on any atom is -0.369 e. The molecule has 1 saturated heterocycles. The molecule has 5 nitrogen and oxygen atoms in total. The van der Waals surface area contributed by atoms with Gasteiger partial charge < -0.3 is 15.5 Å². The van der Waals surface area contributed by atoms with E-state index in [1.165, 1.54) is 11.9 Å². The molecule has 3 rings (SSSR count). The normalized spacial score (nSPS) is 16.6. The molecule has 1 aromatic heterocycles. The highest BCUT2D eigenvalue weighted by Gasteiger charge is 2.14. The third kappa shape index (κ3) is 2.44. The average molecular weight is 270 g/mol. The van der Waals surface area contributed by atoms with Crippen molar-refractivity contribution in [2.24, 2.45) is 5.73 Å². The molecule has 0 atom stereocenters. The quantitative estimate of drug-likeness (QED) is 0.887. The number of hydrogen-bond acceptors (Lipinski definition) is 4. The molecule has 0 saturated carbocycles. The fraction of sp³-hybridized carbons (Fsp3) is 0.333. The Balaban J connectivity index is 1.94. The highest BCUT2D eigenvalue weighted by molar-refractivity contribution is 5.96. The molecule has 104 valence electrons. The van der Waals surface area contributed by atoms with Gasteiger partial charge in [-0.25, -0.2) is 0 Å². The molecule has 0 radical (unpaired) electrons. The zero-order valence-electron chi connectivity index (χ0n) is 11.5. The second-order valence-corrected chi connectivity index (χ2v) is 5.26. The lowest BCUT2D eigenvalue weighted by Crippen LogP contribution is -2.44. The van der Waals surface area contributed by atoms with Gasteiger partial charge in [0.1, 0.15) is 0 Å². The van der Waals surface area contributed by atoms with E-state index in [0.29, 0.717) is 5.56 Å². The number of benzene rings is 1. The largest absolute Gasteiger partial charge is 0.369 e. The topological polar surface area (TPSA) is 62.5 Å². The van der Waals surface area contributed by atoms with Crippen molar-refractivity contribution >= 4 is 22.5 Å². The van der Waals surface area contributed by atoms with Crippen LogP contribution in [0.1, 0.15) is 10.4 Å². The number of nitrogens with zero attached hydrogens (tertiary/aromatic N) is 3. The lowest BCUT2D eigenvalue weighted by Gasteiger charge is -2.34. The summed E-state index contributed by atoms with van der Waals surface area (Å²) in [5, 5.41) is 0.956. The zero-order chi connectivity index (χ0) is 14.1. The van der Waals surface area contributed by atoms with Gasteiger partial charge in [-0.15, -0.1) is 0 Å². The van der Waals surface area contributed by atoms with Gasteiger partial charge in [-0.05, 0) is 31.3 Å². The van der Waals surface area contributed by atoms with Crippen LogP contribution in [0, 0.1) is 0 Å². The second kappa shape index (κ2) is 5.09. The monoisotopic (exact) mass is 270 g/mol. The second-order valence-electron chi connectivity index (χ2n) is 5.26. The third-order valence-electron chi connectivity index (χ3n) is 3.82. The van der Waals surface area contributed by atoms with E-state index >= 15 is 0 Å². The zero-order valence-corrected chi connectivity index (χ0v) is 11.5. The number of likely N-dealkylation sites (N-methyl/N-ethyl adjacent to an activating group) is 1. The molecule has 0 spiro atoms. The van der Waals surface area contributed by atoms with Gasteiger partial charge in [-0.1, -0.05) is 0 Å². The fourth-order valence-electron chi connectivity index (χ4n) is 2.52. The molecule has 5 heteroatoms. The molecule has 1 aliphatic rings. The summed E-state index contributed by atoms with van der Waals surface area (Å²) in [5.41, 5.74) is 7.82. The fourth-order valence-corrected chi connectivity index (χ4v) is 2.52. The number of carbonyl (C=O) groups is 1. The molecule has 1 amide bonds. The van der Waals surface area contributed by atoms with Crippen LogP contribution in [0.2, 0.25) is 0 Å². The van der Waals surface area contributed by atoms with Crippen molar-refractivity contribution in [2.75, 3.05) is 38.1 Å². The first-order valence-corrected chi connectivity index (χ1v) is 6.76. The third-order valence-corrected chi connectivity index (χ3v) is 3.82. The highest BCUT2D eigenvalue weighted by atomic mass is 16.1. The van der Waals surface area contributed by atoms with Gasteiger partial charge in [0.15, 0.2) is 0 Å². The predicted molar refractivity (Wildman–Crippen MR) is 80.0 cm³/mol. The minimum absolute atomic E-state index is 0.440. The maximum Gasteiger partial charge on any atom is 0.250 e. The van der Waals surface area contributed by atoms with Crippen LogP contribution in [0.25, 0.3) is 10.9 Å². The lowest BCUT2D eigenvalue weighted by molar-refractivity contribution is 0.1000. The first-order chi connectivity index (χ1) is 9.63. The van der Waals surface area contributed by atoms with Crippen molar-refractivity contribution in [2.45, 2.75) is 0 Å².